The second-order valence-corrected chi connectivity index (χ2v) is 9.58. The van der Waals surface area contributed by atoms with Gasteiger partial charge in [-0.1, -0.05) is 29.8 Å². The van der Waals surface area contributed by atoms with E-state index in [1.807, 2.05) is 12.1 Å². The van der Waals surface area contributed by atoms with Crippen molar-refractivity contribution in [1.29, 1.82) is 5.26 Å². The van der Waals surface area contributed by atoms with Gasteiger partial charge in [-0.15, -0.1) is 0 Å². The number of fused-ring (bicyclic) bond motifs is 3. The maximum Gasteiger partial charge on any atom is 0.269 e. The first kappa shape index (κ1) is 28.9. The van der Waals surface area contributed by atoms with Gasteiger partial charge >= 0.3 is 0 Å². The number of piperidine rings is 1. The van der Waals surface area contributed by atoms with Gasteiger partial charge in [-0.05, 0) is 57.5 Å². The number of nitrogens with one attached hydrogen (secondary N) is 1. The van der Waals surface area contributed by atoms with E-state index in [1.165, 1.54) is 36.1 Å². The van der Waals surface area contributed by atoms with Gasteiger partial charge < -0.3 is 20.6 Å². The molecule has 0 radical (unpaired) electrons. The van der Waals surface area contributed by atoms with Gasteiger partial charge in [0.1, 0.15) is 18.4 Å². The molecule has 200 valence electrons. The maximum absolute atomic E-state index is 13.2. The summed E-state index contributed by atoms with van der Waals surface area (Å²) in [6, 6.07) is 12.8. The fourth-order valence-corrected chi connectivity index (χ4v) is 5.24. The number of likely N-dealkylation sites (tertiary alicyclic amines) is 1. The van der Waals surface area contributed by atoms with Crippen LogP contribution in [0.25, 0.3) is 10.9 Å². The molecule has 1 aliphatic carbocycles. The molecule has 2 fully saturated rings. The summed E-state index contributed by atoms with van der Waals surface area (Å²) in [4.78, 5) is 34.3. The van der Waals surface area contributed by atoms with Gasteiger partial charge in [-0.25, -0.2) is 4.39 Å². The molecule has 2 aliphatic rings. The van der Waals surface area contributed by atoms with Gasteiger partial charge in [-0.2, -0.15) is 10.4 Å². The van der Waals surface area contributed by atoms with Crippen LogP contribution in [0, 0.1) is 23.1 Å². The summed E-state index contributed by atoms with van der Waals surface area (Å²) >= 11 is 5.58. The van der Waals surface area contributed by atoms with Crippen molar-refractivity contribution in [3.8, 4) is 6.07 Å². The van der Waals surface area contributed by atoms with E-state index in [0.717, 1.165) is 24.1 Å². The highest BCUT2D eigenvalue weighted by molar-refractivity contribution is 6.30. The lowest BCUT2D eigenvalue weighted by Crippen LogP contribution is -2.38. The summed E-state index contributed by atoms with van der Waals surface area (Å²) in [5.41, 5.74) is 6.90. The zero-order valence-corrected chi connectivity index (χ0v) is 22.0. The Hall–Kier alpha value is -3.65. The van der Waals surface area contributed by atoms with Crippen LogP contribution in [0.2, 0.25) is 5.02 Å². The molecule has 2 bridgehead atoms. The number of carbonyl (C=O) groups excluding carboxylic acids is 3. The number of aromatic nitrogens is 2. The Morgan fingerprint density at radius 1 is 1.32 bits per heavy atom. The molecule has 0 spiro atoms. The number of nitrogens with two attached hydrogens (primary N) is 1. The van der Waals surface area contributed by atoms with Crippen molar-refractivity contribution < 1.29 is 18.8 Å². The number of aldehydes is 2. The van der Waals surface area contributed by atoms with Crippen LogP contribution in [-0.4, -0.2) is 59.3 Å². The number of likely N-dealkylation sites (N-methyl/N-ethyl adjacent to an activating group) is 1. The van der Waals surface area contributed by atoms with Crippen molar-refractivity contribution in [3.05, 3.63) is 64.1 Å². The summed E-state index contributed by atoms with van der Waals surface area (Å²) in [6.45, 7) is 0.481. The minimum Gasteiger partial charge on any atom is -0.364 e. The Morgan fingerprint density at radius 2 is 2.05 bits per heavy atom. The van der Waals surface area contributed by atoms with Gasteiger partial charge in [0.15, 0.2) is 5.69 Å². The SMILES string of the molecule is CN1C2CCC(C2)C1C=O.CNCc1cc(C#N)cc(Cl)c1F.NC(=O)c1nn(CC=O)c2ccccc12. The minimum atomic E-state index is -0.587. The van der Waals surface area contributed by atoms with Crippen molar-refractivity contribution in [2.45, 2.75) is 44.4 Å². The fraction of sp³-hybridized carbons (Fsp3) is 0.370. The largest absolute Gasteiger partial charge is 0.364 e. The first-order chi connectivity index (χ1) is 18.2. The second kappa shape index (κ2) is 13.2. The van der Waals surface area contributed by atoms with Crippen molar-refractivity contribution in [3.63, 3.8) is 0 Å². The highest BCUT2D eigenvalue weighted by Crippen LogP contribution is 2.40. The molecule has 11 heteroatoms. The van der Waals surface area contributed by atoms with Crippen molar-refractivity contribution in [2.24, 2.45) is 11.7 Å². The van der Waals surface area contributed by atoms with Crippen molar-refractivity contribution >= 4 is 41.0 Å². The van der Waals surface area contributed by atoms with Gasteiger partial charge in [0.05, 0.1) is 34.8 Å². The highest BCUT2D eigenvalue weighted by Gasteiger charge is 2.43. The minimum absolute atomic E-state index is 0.00991. The average Bonchev–Trinajstić information content (AvgIpc) is 3.61. The number of nitrogens with zero attached hydrogens (tertiary/aromatic N) is 4. The fourth-order valence-electron chi connectivity index (χ4n) is 5.00. The van der Waals surface area contributed by atoms with E-state index in [1.54, 1.807) is 25.2 Å². The summed E-state index contributed by atoms with van der Waals surface area (Å²) in [5, 5.41) is 16.0. The predicted molar refractivity (Wildman–Crippen MR) is 142 cm³/mol. The molecule has 1 aliphatic heterocycles. The number of rotatable bonds is 6. The Kier molecular flexibility index (Phi) is 10.1. The average molecular weight is 541 g/mol. The van der Waals surface area contributed by atoms with Crippen LogP contribution in [0.5, 0.6) is 0 Å². The number of hydrogen-bond donors (Lipinski definition) is 2. The monoisotopic (exact) mass is 540 g/mol. The zero-order valence-electron chi connectivity index (χ0n) is 21.2. The molecule has 3 aromatic rings. The third-order valence-corrected chi connectivity index (χ3v) is 7.13. The van der Waals surface area contributed by atoms with Crippen molar-refractivity contribution in [1.82, 2.24) is 20.0 Å². The Bertz CT molecular complexity index is 1350. The number of hydrogen-bond acceptors (Lipinski definition) is 7. The van der Waals surface area contributed by atoms with Crippen LogP contribution in [0.15, 0.2) is 36.4 Å². The Balaban J connectivity index is 0.000000161. The van der Waals surface area contributed by atoms with Gasteiger partial charge in [-0.3, -0.25) is 14.4 Å². The molecule has 5 rings (SSSR count). The lowest BCUT2D eigenvalue weighted by atomic mass is 10.0. The van der Waals surface area contributed by atoms with E-state index < -0.39 is 11.7 Å². The van der Waals surface area contributed by atoms with E-state index in [2.05, 4.69) is 22.4 Å². The number of carbonyl (C=O) groups is 3. The molecule has 2 heterocycles. The molecular weight excluding hydrogens is 511 g/mol. The normalized spacial score (nSPS) is 19.6. The summed E-state index contributed by atoms with van der Waals surface area (Å²) < 4.78 is 14.7. The van der Waals surface area contributed by atoms with Crippen LogP contribution in [-0.2, 0) is 22.7 Å². The van der Waals surface area contributed by atoms with Crippen LogP contribution in [0.4, 0.5) is 4.39 Å². The third kappa shape index (κ3) is 6.42. The quantitative estimate of drug-likeness (QED) is 0.459. The summed E-state index contributed by atoms with van der Waals surface area (Å²) in [7, 11) is 3.77. The van der Waals surface area contributed by atoms with Crippen LogP contribution in [0.3, 0.4) is 0 Å². The van der Waals surface area contributed by atoms with Crippen molar-refractivity contribution in [2.75, 3.05) is 14.1 Å². The maximum atomic E-state index is 13.2. The molecule has 2 aromatic carbocycles. The molecule has 3 atom stereocenters. The number of halogens is 2. The second-order valence-electron chi connectivity index (χ2n) is 9.17. The van der Waals surface area contributed by atoms with E-state index in [0.29, 0.717) is 29.0 Å². The van der Waals surface area contributed by atoms with Crippen LogP contribution in [0.1, 0.15) is 40.9 Å². The molecule has 38 heavy (non-hydrogen) atoms. The number of benzene rings is 2. The van der Waals surface area contributed by atoms with Gasteiger partial charge in [0.2, 0.25) is 0 Å². The van der Waals surface area contributed by atoms with Gasteiger partial charge in [0, 0.05) is 23.5 Å². The predicted octanol–water partition coefficient (Wildman–Crippen LogP) is 3.07. The topological polar surface area (TPSA) is 134 Å². The van der Waals surface area contributed by atoms with E-state index in [9.17, 15) is 18.8 Å². The molecule has 3 unspecified atom stereocenters. The molecule has 9 nitrogen and oxygen atoms in total. The van der Waals surface area contributed by atoms with E-state index >= 15 is 0 Å². The summed E-state index contributed by atoms with van der Waals surface area (Å²) in [6.07, 6.45) is 5.69. The van der Waals surface area contributed by atoms with E-state index in [-0.39, 0.29) is 23.3 Å². The number of amides is 1. The Morgan fingerprint density at radius 3 is 2.61 bits per heavy atom. The van der Waals surface area contributed by atoms with Gasteiger partial charge in [0.25, 0.3) is 5.91 Å². The molecule has 1 amide bonds. The first-order valence-corrected chi connectivity index (χ1v) is 12.5. The number of para-hydroxylation sites is 1. The highest BCUT2D eigenvalue weighted by atomic mass is 35.5. The van der Waals surface area contributed by atoms with Crippen LogP contribution < -0.4 is 11.1 Å². The van der Waals surface area contributed by atoms with Crippen LogP contribution >= 0.6 is 11.6 Å². The number of primary amides is 1. The lowest BCUT2D eigenvalue weighted by molar-refractivity contribution is -0.113. The third-order valence-electron chi connectivity index (χ3n) is 6.85. The molecular formula is C27H30ClFN6O3. The first-order valence-electron chi connectivity index (χ1n) is 12.1. The summed E-state index contributed by atoms with van der Waals surface area (Å²) in [5.74, 6) is -0.363. The molecule has 1 saturated carbocycles. The molecule has 3 N–H and O–H groups in total. The lowest BCUT2D eigenvalue weighted by Gasteiger charge is -2.27. The number of nitriles is 1. The standard InChI is InChI=1S/C10H9N3O2.C9H8ClFN2.C8H13NO/c11-10(15)9-7-3-1-2-4-8(7)13(12-9)5-6-14;1-13-5-7-2-6(4-12)3-8(10)9(7)11;1-9-7-3-2-6(4-7)8(9)5-10/h1-4,6H,5H2,(H2,11,15);2-3,13H,5H2,1H3;5-8H,2-4H2,1H3. The zero-order chi connectivity index (χ0) is 27.8. The Labute approximate surface area is 225 Å². The molecule has 1 saturated heterocycles. The molecule has 1 aromatic heterocycles. The van der Waals surface area contributed by atoms with E-state index in [4.69, 9.17) is 22.6 Å². The smallest absolute Gasteiger partial charge is 0.269 e.